The van der Waals surface area contributed by atoms with Crippen molar-refractivity contribution in [1.82, 2.24) is 25.4 Å². The number of nitrogens with zero attached hydrogens (tertiary/aromatic N) is 4. The van der Waals surface area contributed by atoms with Crippen LogP contribution in [-0.2, 0) is 26.6 Å². The molecule has 30 heavy (non-hydrogen) atoms. The lowest BCUT2D eigenvalue weighted by atomic mass is 10.1. The largest absolute Gasteiger partial charge is 0.454 e. The van der Waals surface area contributed by atoms with Gasteiger partial charge < -0.3 is 24.7 Å². The first-order valence-electron chi connectivity index (χ1n) is 9.47. The van der Waals surface area contributed by atoms with Crippen LogP contribution in [0, 0.1) is 6.92 Å². The Labute approximate surface area is 196 Å². The van der Waals surface area contributed by atoms with E-state index in [1.54, 1.807) is 11.3 Å². The van der Waals surface area contributed by atoms with E-state index in [0.29, 0.717) is 13.3 Å². The van der Waals surface area contributed by atoms with Crippen molar-refractivity contribution in [3.63, 3.8) is 0 Å². The van der Waals surface area contributed by atoms with Gasteiger partial charge in [-0.1, -0.05) is 12.1 Å². The van der Waals surface area contributed by atoms with Gasteiger partial charge in [0.15, 0.2) is 23.3 Å². The second kappa shape index (κ2) is 10.6. The number of aromatic nitrogens is 3. The summed E-state index contributed by atoms with van der Waals surface area (Å²) >= 11 is 1.72. The highest BCUT2D eigenvalue weighted by Crippen LogP contribution is 2.32. The molecule has 8 nitrogen and oxygen atoms in total. The standard InChI is InChI=1S/C20H24N6O2S.HI/c1-14-24-25-19(26(14)2)12-23-20(22-11-16-4-3-9-29-16)21-8-7-15-5-6-17-18(10-15)28-13-27-17;/h3-6,9-10H,7-8,11-13H2,1-2H3,(H2,21,22,23);1H. The molecular weight excluding hydrogens is 515 g/mol. The summed E-state index contributed by atoms with van der Waals surface area (Å²) in [4.78, 5) is 5.94. The van der Waals surface area contributed by atoms with Gasteiger partial charge in [-0.25, -0.2) is 4.99 Å². The van der Waals surface area contributed by atoms with E-state index in [9.17, 15) is 0 Å². The molecule has 0 unspecified atom stereocenters. The fourth-order valence-electron chi connectivity index (χ4n) is 2.92. The molecule has 4 rings (SSSR count). The number of hydrogen-bond acceptors (Lipinski definition) is 6. The Bertz CT molecular complexity index is 989. The van der Waals surface area contributed by atoms with Crippen molar-refractivity contribution in [2.24, 2.45) is 12.0 Å². The second-order valence-corrected chi connectivity index (χ2v) is 7.72. The van der Waals surface area contributed by atoms with Crippen LogP contribution in [0.15, 0.2) is 40.7 Å². The number of aliphatic imine (C=N–C) groups is 1. The van der Waals surface area contributed by atoms with Crippen molar-refractivity contribution in [3.05, 3.63) is 57.8 Å². The van der Waals surface area contributed by atoms with Gasteiger partial charge in [0.2, 0.25) is 6.79 Å². The minimum atomic E-state index is 0. The Morgan fingerprint density at radius 1 is 1.20 bits per heavy atom. The number of guanidine groups is 1. The Hall–Kier alpha value is -2.34. The maximum Gasteiger partial charge on any atom is 0.231 e. The van der Waals surface area contributed by atoms with Crippen molar-refractivity contribution < 1.29 is 9.47 Å². The first kappa shape index (κ1) is 22.3. The van der Waals surface area contributed by atoms with E-state index in [0.717, 1.165) is 48.6 Å². The quantitative estimate of drug-likeness (QED) is 0.272. The summed E-state index contributed by atoms with van der Waals surface area (Å²) in [5.41, 5.74) is 1.18. The van der Waals surface area contributed by atoms with Crippen molar-refractivity contribution >= 4 is 41.3 Å². The van der Waals surface area contributed by atoms with Crippen molar-refractivity contribution in [2.45, 2.75) is 26.4 Å². The van der Waals surface area contributed by atoms with E-state index in [-0.39, 0.29) is 24.0 Å². The van der Waals surface area contributed by atoms with Gasteiger partial charge in [0.05, 0.1) is 6.54 Å². The second-order valence-electron chi connectivity index (χ2n) is 6.68. The van der Waals surface area contributed by atoms with E-state index in [4.69, 9.17) is 9.47 Å². The molecular formula is C20H25IN6O2S. The summed E-state index contributed by atoms with van der Waals surface area (Å²) in [5.74, 6) is 4.07. The molecule has 0 saturated heterocycles. The lowest BCUT2D eigenvalue weighted by Gasteiger charge is -2.12. The Kier molecular flexibility index (Phi) is 7.91. The summed E-state index contributed by atoms with van der Waals surface area (Å²) in [5, 5.41) is 17.2. The van der Waals surface area contributed by atoms with Gasteiger partial charge in [-0.2, -0.15) is 0 Å². The molecule has 1 aromatic carbocycles. The van der Waals surface area contributed by atoms with Gasteiger partial charge in [-0.3, -0.25) is 0 Å². The molecule has 10 heteroatoms. The van der Waals surface area contributed by atoms with Crippen molar-refractivity contribution in [1.29, 1.82) is 0 Å². The van der Waals surface area contributed by atoms with E-state index < -0.39 is 0 Å². The number of thiophene rings is 1. The maximum atomic E-state index is 5.45. The number of nitrogens with one attached hydrogen (secondary N) is 2. The molecule has 0 bridgehead atoms. The average Bonchev–Trinajstić information content (AvgIpc) is 3.47. The number of halogens is 1. The van der Waals surface area contributed by atoms with Crippen LogP contribution in [0.4, 0.5) is 0 Å². The monoisotopic (exact) mass is 540 g/mol. The van der Waals surface area contributed by atoms with Crippen molar-refractivity contribution in [3.8, 4) is 11.5 Å². The highest BCUT2D eigenvalue weighted by Gasteiger charge is 2.13. The lowest BCUT2D eigenvalue weighted by molar-refractivity contribution is 0.174. The number of aryl methyl sites for hydroxylation is 1. The molecule has 2 aromatic heterocycles. The van der Waals surface area contributed by atoms with Crippen LogP contribution in [0.3, 0.4) is 0 Å². The van der Waals surface area contributed by atoms with E-state index in [1.165, 1.54) is 10.4 Å². The van der Waals surface area contributed by atoms with E-state index in [2.05, 4.69) is 43.3 Å². The van der Waals surface area contributed by atoms with Crippen molar-refractivity contribution in [2.75, 3.05) is 13.3 Å². The van der Waals surface area contributed by atoms with Crippen LogP contribution in [0.25, 0.3) is 0 Å². The predicted octanol–water partition coefficient (Wildman–Crippen LogP) is 3.01. The number of ether oxygens (including phenoxy) is 2. The van der Waals surface area contributed by atoms with E-state index in [1.807, 2.05) is 36.7 Å². The smallest absolute Gasteiger partial charge is 0.231 e. The summed E-state index contributed by atoms with van der Waals surface area (Å²) in [6, 6.07) is 10.2. The summed E-state index contributed by atoms with van der Waals surface area (Å²) in [7, 11) is 1.95. The SMILES string of the molecule is Cc1nnc(CN=C(NCCc2ccc3c(c2)OCO3)NCc2cccs2)n1C.I. The number of rotatable bonds is 7. The first-order valence-corrected chi connectivity index (χ1v) is 10.3. The first-order chi connectivity index (χ1) is 14.2. The normalized spacial score (nSPS) is 12.5. The molecule has 0 fully saturated rings. The van der Waals surface area contributed by atoms with Gasteiger partial charge in [-0.05, 0) is 42.5 Å². The zero-order valence-electron chi connectivity index (χ0n) is 16.9. The van der Waals surface area contributed by atoms with Gasteiger partial charge in [0.25, 0.3) is 0 Å². The summed E-state index contributed by atoms with van der Waals surface area (Å²) in [6.07, 6.45) is 0.847. The highest BCUT2D eigenvalue weighted by atomic mass is 127. The van der Waals surface area contributed by atoms with Crippen LogP contribution in [-0.4, -0.2) is 34.1 Å². The van der Waals surface area contributed by atoms with Gasteiger partial charge in [0, 0.05) is 18.5 Å². The molecule has 0 amide bonds. The maximum absolute atomic E-state index is 5.45. The third-order valence-electron chi connectivity index (χ3n) is 4.71. The number of benzene rings is 1. The molecule has 1 aliphatic heterocycles. The molecule has 0 radical (unpaired) electrons. The zero-order chi connectivity index (χ0) is 20.1. The molecule has 3 heterocycles. The predicted molar refractivity (Wildman–Crippen MR) is 128 cm³/mol. The Morgan fingerprint density at radius 2 is 2.07 bits per heavy atom. The van der Waals surface area contributed by atoms with Crippen LogP contribution >= 0.6 is 35.3 Å². The molecule has 160 valence electrons. The Morgan fingerprint density at radius 3 is 2.83 bits per heavy atom. The average molecular weight is 540 g/mol. The third kappa shape index (κ3) is 5.63. The van der Waals surface area contributed by atoms with Gasteiger partial charge in [0.1, 0.15) is 12.4 Å². The number of fused-ring (bicyclic) bond motifs is 1. The molecule has 2 N–H and O–H groups in total. The third-order valence-corrected chi connectivity index (χ3v) is 5.59. The molecule has 3 aromatic rings. The van der Waals surface area contributed by atoms with Gasteiger partial charge >= 0.3 is 0 Å². The van der Waals surface area contributed by atoms with Crippen LogP contribution in [0.2, 0.25) is 0 Å². The van der Waals surface area contributed by atoms with E-state index >= 15 is 0 Å². The molecule has 0 spiro atoms. The molecule has 0 atom stereocenters. The minimum Gasteiger partial charge on any atom is -0.454 e. The summed E-state index contributed by atoms with van der Waals surface area (Å²) < 4.78 is 12.8. The fraction of sp³-hybridized carbons (Fsp3) is 0.350. The highest BCUT2D eigenvalue weighted by molar-refractivity contribution is 14.0. The Balaban J connectivity index is 0.00000256. The summed E-state index contributed by atoms with van der Waals surface area (Å²) in [6.45, 7) is 4.15. The molecule has 1 aliphatic rings. The minimum absolute atomic E-state index is 0. The molecule has 0 aliphatic carbocycles. The van der Waals surface area contributed by atoms with Crippen LogP contribution < -0.4 is 20.1 Å². The fourth-order valence-corrected chi connectivity index (χ4v) is 3.56. The zero-order valence-corrected chi connectivity index (χ0v) is 20.1. The van der Waals surface area contributed by atoms with Gasteiger partial charge in [-0.15, -0.1) is 45.5 Å². The molecule has 0 saturated carbocycles. The van der Waals surface area contributed by atoms with Crippen LogP contribution in [0.1, 0.15) is 22.1 Å². The lowest BCUT2D eigenvalue weighted by Crippen LogP contribution is -2.38. The number of hydrogen-bond donors (Lipinski definition) is 2. The van der Waals surface area contributed by atoms with Crippen LogP contribution in [0.5, 0.6) is 11.5 Å². The topological polar surface area (TPSA) is 85.6 Å².